The van der Waals surface area contributed by atoms with Gasteiger partial charge in [0, 0.05) is 26.2 Å². The lowest BCUT2D eigenvalue weighted by molar-refractivity contribution is -0.154. The summed E-state index contributed by atoms with van der Waals surface area (Å²) >= 11 is 0. The van der Waals surface area contributed by atoms with Crippen molar-refractivity contribution in [2.24, 2.45) is 11.3 Å². The number of carbonyl (C=O) groups is 2. The van der Waals surface area contributed by atoms with Crippen LogP contribution in [0.2, 0.25) is 0 Å². The van der Waals surface area contributed by atoms with Gasteiger partial charge in [-0.05, 0) is 56.9 Å². The van der Waals surface area contributed by atoms with Crippen molar-refractivity contribution in [3.05, 3.63) is 11.6 Å². The Bertz CT molecular complexity index is 541. The third-order valence-corrected chi connectivity index (χ3v) is 5.72. The van der Waals surface area contributed by atoms with Crippen LogP contribution in [0.25, 0.3) is 0 Å². The number of allylic oxidation sites excluding steroid dienone is 1. The van der Waals surface area contributed by atoms with Gasteiger partial charge in [-0.3, -0.25) is 4.79 Å². The largest absolute Gasteiger partial charge is 0.458 e. The van der Waals surface area contributed by atoms with E-state index in [0.717, 1.165) is 51.6 Å². The van der Waals surface area contributed by atoms with Crippen molar-refractivity contribution in [2.45, 2.75) is 65.4 Å². The summed E-state index contributed by atoms with van der Waals surface area (Å²) in [4.78, 5) is 28.8. The van der Waals surface area contributed by atoms with Gasteiger partial charge in [0.2, 0.25) is 0 Å². The second kappa shape index (κ2) is 7.38. The van der Waals surface area contributed by atoms with Crippen LogP contribution in [0.1, 0.15) is 59.3 Å². The zero-order valence-electron chi connectivity index (χ0n) is 15.9. The first-order valence-corrected chi connectivity index (χ1v) is 9.76. The maximum atomic E-state index is 12.6. The average molecular weight is 348 g/mol. The van der Waals surface area contributed by atoms with Gasteiger partial charge in [0.1, 0.15) is 6.10 Å². The Balaban J connectivity index is 1.48. The van der Waals surface area contributed by atoms with Crippen LogP contribution in [0.15, 0.2) is 11.6 Å². The van der Waals surface area contributed by atoms with Gasteiger partial charge >= 0.3 is 12.0 Å². The molecule has 0 radical (unpaired) electrons. The van der Waals surface area contributed by atoms with Gasteiger partial charge in [0.25, 0.3) is 0 Å². The second-order valence-electron chi connectivity index (χ2n) is 8.77. The van der Waals surface area contributed by atoms with Gasteiger partial charge < -0.3 is 14.5 Å². The molecule has 0 aromatic carbocycles. The van der Waals surface area contributed by atoms with E-state index >= 15 is 0 Å². The molecule has 2 amide bonds. The predicted molar refractivity (Wildman–Crippen MR) is 97.2 cm³/mol. The molecule has 0 N–H and O–H groups in total. The highest BCUT2D eigenvalue weighted by Gasteiger charge is 2.34. The van der Waals surface area contributed by atoms with Crippen molar-refractivity contribution < 1.29 is 14.3 Å². The smallest absolute Gasteiger partial charge is 0.319 e. The van der Waals surface area contributed by atoms with Crippen LogP contribution in [0.5, 0.6) is 0 Å². The topological polar surface area (TPSA) is 49.9 Å². The number of hydrogen-bond acceptors (Lipinski definition) is 3. The number of piperidine rings is 1. The van der Waals surface area contributed by atoms with E-state index in [1.165, 1.54) is 5.57 Å². The fourth-order valence-electron chi connectivity index (χ4n) is 4.54. The normalized spacial score (nSPS) is 27.2. The summed E-state index contributed by atoms with van der Waals surface area (Å²) in [6.07, 6.45) is 7.63. The highest BCUT2D eigenvalue weighted by atomic mass is 16.5. The Labute approximate surface area is 151 Å². The lowest BCUT2D eigenvalue weighted by Gasteiger charge is -2.36. The predicted octanol–water partition coefficient (Wildman–Crippen LogP) is 3.59. The molecule has 140 valence electrons. The summed E-state index contributed by atoms with van der Waals surface area (Å²) in [5.41, 5.74) is 1.50. The average Bonchev–Trinajstić information content (AvgIpc) is 3.06. The van der Waals surface area contributed by atoms with Crippen molar-refractivity contribution in [3.63, 3.8) is 0 Å². The Morgan fingerprint density at radius 2 is 1.68 bits per heavy atom. The highest BCUT2D eigenvalue weighted by Crippen LogP contribution is 2.36. The van der Waals surface area contributed by atoms with Gasteiger partial charge in [-0.1, -0.05) is 19.4 Å². The van der Waals surface area contributed by atoms with Gasteiger partial charge in [-0.15, -0.1) is 0 Å². The lowest BCUT2D eigenvalue weighted by Crippen LogP contribution is -2.47. The Morgan fingerprint density at radius 3 is 2.28 bits per heavy atom. The quantitative estimate of drug-likeness (QED) is 0.566. The molecule has 0 aromatic rings. The monoisotopic (exact) mass is 348 g/mol. The number of carbonyl (C=O) groups excluding carboxylic acids is 2. The van der Waals surface area contributed by atoms with Gasteiger partial charge in [0.15, 0.2) is 0 Å². The number of rotatable bonds is 2. The van der Waals surface area contributed by atoms with E-state index < -0.39 is 0 Å². The number of urea groups is 1. The van der Waals surface area contributed by atoms with E-state index in [2.05, 4.69) is 26.8 Å². The molecule has 1 atom stereocenters. The fraction of sp³-hybridized carbons (Fsp3) is 0.800. The first-order valence-electron chi connectivity index (χ1n) is 9.76. The number of amides is 2. The van der Waals surface area contributed by atoms with Crippen molar-refractivity contribution in [3.8, 4) is 0 Å². The second-order valence-corrected chi connectivity index (χ2v) is 8.77. The van der Waals surface area contributed by atoms with E-state index in [4.69, 9.17) is 4.74 Å². The molecule has 2 heterocycles. The zero-order valence-corrected chi connectivity index (χ0v) is 15.9. The molecule has 0 bridgehead atoms. The standard InChI is InChI=1S/C20H32N2O3/c1-15-12-17(14-20(2,3)13-15)25-18(23)16-6-10-22(11-7-16)19(24)21-8-4-5-9-21/h12,16-17H,4-11,13-14H2,1-3H3/t17-/m0/s1. The molecule has 2 saturated heterocycles. The molecule has 3 aliphatic rings. The molecule has 0 spiro atoms. The van der Waals surface area contributed by atoms with Crippen LogP contribution >= 0.6 is 0 Å². The maximum absolute atomic E-state index is 12.6. The van der Waals surface area contributed by atoms with Crippen LogP contribution in [-0.2, 0) is 9.53 Å². The number of nitrogens with zero attached hydrogens (tertiary/aromatic N) is 2. The zero-order chi connectivity index (χ0) is 18.0. The first kappa shape index (κ1) is 18.3. The molecular weight excluding hydrogens is 316 g/mol. The van der Waals surface area contributed by atoms with E-state index in [1.54, 1.807) is 0 Å². The molecule has 25 heavy (non-hydrogen) atoms. The maximum Gasteiger partial charge on any atom is 0.319 e. The molecule has 0 saturated carbocycles. The fourth-order valence-corrected chi connectivity index (χ4v) is 4.54. The third-order valence-electron chi connectivity index (χ3n) is 5.72. The minimum Gasteiger partial charge on any atom is -0.458 e. The number of esters is 1. The van der Waals surface area contributed by atoms with E-state index in [-0.39, 0.29) is 29.4 Å². The Morgan fingerprint density at radius 1 is 1.08 bits per heavy atom. The molecule has 0 unspecified atom stereocenters. The minimum absolute atomic E-state index is 0.0682. The number of hydrogen-bond donors (Lipinski definition) is 0. The molecule has 5 heteroatoms. The van der Waals surface area contributed by atoms with Gasteiger partial charge in [-0.25, -0.2) is 4.79 Å². The molecule has 3 rings (SSSR count). The first-order chi connectivity index (χ1) is 11.8. The Kier molecular flexibility index (Phi) is 5.40. The van der Waals surface area contributed by atoms with Crippen LogP contribution in [-0.4, -0.2) is 54.1 Å². The number of likely N-dealkylation sites (tertiary alicyclic amines) is 2. The van der Waals surface area contributed by atoms with E-state index in [0.29, 0.717) is 13.1 Å². The van der Waals surface area contributed by atoms with Crippen molar-refractivity contribution in [1.29, 1.82) is 0 Å². The summed E-state index contributed by atoms with van der Waals surface area (Å²) in [7, 11) is 0. The lowest BCUT2D eigenvalue weighted by atomic mass is 9.76. The molecule has 2 aliphatic heterocycles. The van der Waals surface area contributed by atoms with E-state index in [1.807, 2.05) is 9.80 Å². The van der Waals surface area contributed by atoms with Crippen molar-refractivity contribution >= 4 is 12.0 Å². The van der Waals surface area contributed by atoms with E-state index in [9.17, 15) is 9.59 Å². The highest BCUT2D eigenvalue weighted by molar-refractivity contribution is 5.76. The molecular formula is C20H32N2O3. The summed E-state index contributed by atoms with van der Waals surface area (Å²) in [5, 5.41) is 0. The minimum atomic E-state index is -0.0967. The molecule has 5 nitrogen and oxygen atoms in total. The molecule has 1 aliphatic carbocycles. The SMILES string of the molecule is CC1=C[C@H](OC(=O)C2CCN(C(=O)N3CCCC3)CC2)CC(C)(C)C1. The van der Waals surface area contributed by atoms with Crippen molar-refractivity contribution in [1.82, 2.24) is 9.80 Å². The Hall–Kier alpha value is -1.52. The summed E-state index contributed by atoms with van der Waals surface area (Å²) in [5.74, 6) is -0.151. The van der Waals surface area contributed by atoms with Crippen LogP contribution < -0.4 is 0 Å². The van der Waals surface area contributed by atoms with Crippen LogP contribution in [0.3, 0.4) is 0 Å². The number of ether oxygens (including phenoxy) is 1. The summed E-state index contributed by atoms with van der Waals surface area (Å²) in [6, 6.07) is 0.150. The van der Waals surface area contributed by atoms with Crippen LogP contribution in [0, 0.1) is 11.3 Å². The van der Waals surface area contributed by atoms with Gasteiger partial charge in [-0.2, -0.15) is 0 Å². The molecule has 0 aromatic heterocycles. The molecule has 2 fully saturated rings. The third kappa shape index (κ3) is 4.56. The van der Waals surface area contributed by atoms with Crippen LogP contribution in [0.4, 0.5) is 4.79 Å². The summed E-state index contributed by atoms with van der Waals surface area (Å²) in [6.45, 7) is 9.66. The van der Waals surface area contributed by atoms with Gasteiger partial charge in [0.05, 0.1) is 5.92 Å². The summed E-state index contributed by atoms with van der Waals surface area (Å²) < 4.78 is 5.80. The van der Waals surface area contributed by atoms with Crippen molar-refractivity contribution in [2.75, 3.05) is 26.2 Å².